The first-order chi connectivity index (χ1) is 36.5. The summed E-state index contributed by atoms with van der Waals surface area (Å²) in [5, 5.41) is 66.0. The topological polar surface area (TPSA) is 219 Å². The zero-order chi connectivity index (χ0) is 54.1. The van der Waals surface area contributed by atoms with Gasteiger partial charge in [-0.3, -0.25) is 9.59 Å². The van der Waals surface area contributed by atoms with Gasteiger partial charge in [0, 0.05) is 65.4 Å². The molecule has 6 unspecified atom stereocenters. The minimum absolute atomic E-state index is 0.0781. The van der Waals surface area contributed by atoms with Gasteiger partial charge in [-0.15, -0.1) is 0 Å². The van der Waals surface area contributed by atoms with Crippen molar-refractivity contribution >= 4 is 29.6 Å². The van der Waals surface area contributed by atoms with E-state index in [9.17, 15) is 39.9 Å². The Morgan fingerprint density at radius 3 is 1.71 bits per heavy atom. The van der Waals surface area contributed by atoms with Crippen LogP contribution in [-0.4, -0.2) is 129 Å². The molecule has 0 aromatic rings. The molecule has 14 nitrogen and oxygen atoms in total. The quantitative estimate of drug-likeness (QED) is 0.0347. The average molecular weight is 1040 g/mol. The number of thioether (sulfide) groups is 1. The molecule has 3 heterocycles. The lowest BCUT2D eigenvalue weighted by molar-refractivity contribution is -0.297. The summed E-state index contributed by atoms with van der Waals surface area (Å²) in [6, 6.07) is -1.23. The SMILES string of the molecule is CC#CC#CC#CC#CC#CC#CC#CC#CC#CC#CC#CC#CC(=O)N[C@@H](COC1OC(CNC(=O)CCCC[C@@H]2SC[C@@H]3NC(=O)NC32)C(O)C(O)C1O)[C@H](O)[C@H](O)CCCCCCCCCCCCCC. The predicted molar refractivity (Wildman–Crippen MR) is 288 cm³/mol. The van der Waals surface area contributed by atoms with Crippen LogP contribution in [0.15, 0.2) is 0 Å². The first kappa shape index (κ1) is 62.3. The van der Waals surface area contributed by atoms with Crippen molar-refractivity contribution in [1.82, 2.24) is 21.3 Å². The number of nitrogens with one attached hydrogen (secondary N) is 4. The number of rotatable bonds is 26. The molecule has 15 heteroatoms. The van der Waals surface area contributed by atoms with Gasteiger partial charge in [0.15, 0.2) is 6.29 Å². The van der Waals surface area contributed by atoms with Crippen molar-refractivity contribution in [3.05, 3.63) is 0 Å². The Morgan fingerprint density at radius 2 is 1.17 bits per heavy atom. The molecule has 3 saturated heterocycles. The molecular formula is C60H66N4O10S. The summed E-state index contributed by atoms with van der Waals surface area (Å²) in [4.78, 5) is 37.4. The zero-order valence-corrected chi connectivity index (χ0v) is 43.5. The van der Waals surface area contributed by atoms with Gasteiger partial charge in [-0.1, -0.05) is 96.3 Å². The Morgan fingerprint density at radius 1 is 0.667 bits per heavy atom. The Kier molecular flexibility index (Phi) is 32.8. The van der Waals surface area contributed by atoms with Gasteiger partial charge in [0.1, 0.15) is 30.5 Å². The van der Waals surface area contributed by atoms with Crippen LogP contribution in [0.1, 0.15) is 123 Å². The molecular weight excluding hydrogens is 969 g/mol. The molecule has 0 aromatic heterocycles. The number of fused-ring (bicyclic) bond motifs is 1. The number of amides is 4. The fourth-order valence-electron chi connectivity index (χ4n) is 7.84. The van der Waals surface area contributed by atoms with E-state index in [0.29, 0.717) is 12.8 Å². The third-order valence-corrected chi connectivity index (χ3v) is 13.3. The smallest absolute Gasteiger partial charge is 0.315 e. The minimum Gasteiger partial charge on any atom is -0.390 e. The molecule has 75 heavy (non-hydrogen) atoms. The number of unbranched alkanes of at least 4 members (excludes halogenated alkanes) is 12. The van der Waals surface area contributed by atoms with Gasteiger partial charge in [0.2, 0.25) is 5.91 Å². The lowest BCUT2D eigenvalue weighted by Crippen LogP contribution is -2.61. The standard InChI is InChI=1S/C60H66N4O10S/c1-3-5-7-9-11-13-15-17-18-19-20-21-22-23-24-25-26-27-29-31-33-35-37-43-53(67)62-47(55(68)49(65)40-36-34-32-30-28-16-14-12-10-8-6-4-2)45-73-59-58(71)57(70)56(69)50(74-59)44-61-52(66)42-39-38-41-51-54-48(46-75-51)63-60(72)64-54/h47-51,54-59,65,68-71H,4,6,8,10,12,14,16,28,30,32,34,36,38-42,44-46H2,1-2H3,(H,61,66)(H,62,67)(H2,63,64,72)/t47-,48-,49+,50?,51-,54?,55-,56?,57?,58?,59?/m0/s1. The van der Waals surface area contributed by atoms with Crippen molar-refractivity contribution in [2.24, 2.45) is 0 Å². The number of aliphatic hydroxyl groups is 5. The highest BCUT2D eigenvalue weighted by Gasteiger charge is 2.45. The highest BCUT2D eigenvalue weighted by molar-refractivity contribution is 8.00. The summed E-state index contributed by atoms with van der Waals surface area (Å²) in [6.45, 7) is 3.16. The summed E-state index contributed by atoms with van der Waals surface area (Å²) in [6.07, 6.45) is 5.53. The largest absolute Gasteiger partial charge is 0.390 e. The number of carbonyl (C=O) groups is 3. The van der Waals surface area contributed by atoms with Crippen LogP contribution in [0.3, 0.4) is 0 Å². The number of urea groups is 1. The lowest BCUT2D eigenvalue weighted by atomic mass is 9.98. The van der Waals surface area contributed by atoms with Gasteiger partial charge in [0.05, 0.1) is 30.8 Å². The van der Waals surface area contributed by atoms with Crippen LogP contribution in [0.4, 0.5) is 4.79 Å². The maximum atomic E-state index is 13.0. The molecule has 11 atom stereocenters. The maximum Gasteiger partial charge on any atom is 0.315 e. The van der Waals surface area contributed by atoms with Gasteiger partial charge in [-0.05, 0) is 121 Å². The summed E-state index contributed by atoms with van der Waals surface area (Å²) in [5.41, 5.74) is 0. The molecule has 0 saturated carbocycles. The normalized spacial score (nSPS) is 21.1. The highest BCUT2D eigenvalue weighted by atomic mass is 32.2. The molecule has 0 bridgehead atoms. The number of aliphatic hydroxyl groups excluding tert-OH is 5. The number of hydrogen-bond donors (Lipinski definition) is 9. The average Bonchev–Trinajstić information content (AvgIpc) is 3.97. The summed E-state index contributed by atoms with van der Waals surface area (Å²) < 4.78 is 11.6. The number of hydrogen-bond acceptors (Lipinski definition) is 11. The molecule has 0 aromatic carbocycles. The van der Waals surface area contributed by atoms with Gasteiger partial charge < -0.3 is 56.3 Å². The van der Waals surface area contributed by atoms with E-state index in [1.165, 1.54) is 44.9 Å². The molecule has 4 amide bonds. The van der Waals surface area contributed by atoms with E-state index in [4.69, 9.17) is 9.47 Å². The monoisotopic (exact) mass is 1030 g/mol. The molecule has 0 aliphatic carbocycles. The minimum atomic E-state index is -1.75. The van der Waals surface area contributed by atoms with E-state index in [2.05, 4.69) is 170 Å². The predicted octanol–water partition coefficient (Wildman–Crippen LogP) is 2.01. The fraction of sp³-hybridized carbons (Fsp3) is 0.550. The van der Waals surface area contributed by atoms with Gasteiger partial charge >= 0.3 is 6.03 Å². The fourth-order valence-corrected chi connectivity index (χ4v) is 9.38. The second-order valence-corrected chi connectivity index (χ2v) is 18.7. The molecule has 3 fully saturated rings. The van der Waals surface area contributed by atoms with Gasteiger partial charge in [-0.25, -0.2) is 4.79 Å². The maximum absolute atomic E-state index is 13.0. The van der Waals surface area contributed by atoms with Crippen molar-refractivity contribution in [1.29, 1.82) is 0 Å². The third kappa shape index (κ3) is 27.2. The molecule has 3 aliphatic rings. The Hall–Kier alpha value is -7.00. The summed E-state index contributed by atoms with van der Waals surface area (Å²) in [5.74, 6) is 59.2. The van der Waals surface area contributed by atoms with Crippen LogP contribution >= 0.6 is 11.8 Å². The van der Waals surface area contributed by atoms with Crippen molar-refractivity contribution in [2.75, 3.05) is 18.9 Å². The van der Waals surface area contributed by atoms with Crippen LogP contribution < -0.4 is 21.3 Å². The molecule has 3 rings (SSSR count). The molecule has 3 aliphatic heterocycles. The Balaban J connectivity index is 1.53. The van der Waals surface area contributed by atoms with E-state index in [-0.39, 0.29) is 48.7 Å². The van der Waals surface area contributed by atoms with Crippen LogP contribution in [0.5, 0.6) is 0 Å². The zero-order valence-electron chi connectivity index (χ0n) is 42.7. The van der Waals surface area contributed by atoms with Crippen LogP contribution in [0.25, 0.3) is 0 Å². The Bertz CT molecular complexity index is 2690. The van der Waals surface area contributed by atoms with Gasteiger partial charge in [-0.2, -0.15) is 11.8 Å². The van der Waals surface area contributed by atoms with E-state index >= 15 is 0 Å². The van der Waals surface area contributed by atoms with E-state index in [1.54, 1.807) is 18.7 Å². The number of ether oxygens (including phenoxy) is 2. The molecule has 0 spiro atoms. The van der Waals surface area contributed by atoms with Crippen molar-refractivity contribution in [3.63, 3.8) is 0 Å². The first-order valence-corrected chi connectivity index (χ1v) is 26.5. The van der Waals surface area contributed by atoms with Gasteiger partial charge in [0.25, 0.3) is 5.91 Å². The van der Waals surface area contributed by atoms with Crippen molar-refractivity contribution in [3.8, 4) is 142 Å². The highest BCUT2D eigenvalue weighted by Crippen LogP contribution is 2.33. The lowest BCUT2D eigenvalue weighted by Gasteiger charge is -2.41. The van der Waals surface area contributed by atoms with E-state index < -0.39 is 61.5 Å². The first-order valence-electron chi connectivity index (χ1n) is 25.4. The summed E-state index contributed by atoms with van der Waals surface area (Å²) >= 11 is 1.80. The molecule has 392 valence electrons. The number of carbonyl (C=O) groups excluding carboxylic acids is 3. The van der Waals surface area contributed by atoms with Crippen molar-refractivity contribution in [2.45, 2.75) is 189 Å². The third-order valence-electron chi connectivity index (χ3n) is 11.8. The molecule has 9 N–H and O–H groups in total. The van der Waals surface area contributed by atoms with Crippen LogP contribution in [0.2, 0.25) is 0 Å². The van der Waals surface area contributed by atoms with Crippen molar-refractivity contribution < 1.29 is 49.4 Å². The van der Waals surface area contributed by atoms with E-state index in [0.717, 1.165) is 44.3 Å². The second-order valence-electron chi connectivity index (χ2n) is 17.5. The van der Waals surface area contributed by atoms with E-state index in [1.807, 2.05) is 0 Å². The molecule has 0 radical (unpaired) electrons. The van der Waals surface area contributed by atoms with Crippen LogP contribution in [-0.2, 0) is 19.1 Å². The Labute approximate surface area is 448 Å². The summed E-state index contributed by atoms with van der Waals surface area (Å²) in [7, 11) is 0. The van der Waals surface area contributed by atoms with Crippen LogP contribution in [0, 0.1) is 142 Å². The second kappa shape index (κ2) is 39.5.